The van der Waals surface area contributed by atoms with Crippen LogP contribution in [0.5, 0.6) is 0 Å². The molecular weight excluding hydrogens is 232 g/mol. The Hall–Kier alpha value is -1.40. The molecule has 0 aliphatic carbocycles. The first kappa shape index (κ1) is 14.7. The Labute approximate surface area is 108 Å². The van der Waals surface area contributed by atoms with E-state index < -0.39 is 11.6 Å². The van der Waals surface area contributed by atoms with Crippen molar-refractivity contribution < 1.29 is 8.78 Å². The van der Waals surface area contributed by atoms with E-state index in [9.17, 15) is 8.78 Å². The number of nitrogens with one attached hydrogen (secondary N) is 1. The van der Waals surface area contributed by atoms with Gasteiger partial charge in [-0.1, -0.05) is 13.0 Å². The minimum atomic E-state index is -0.801. The van der Waals surface area contributed by atoms with E-state index in [-0.39, 0.29) is 6.04 Å². The fraction of sp³-hybridized carbons (Fsp3) is 0.467. The van der Waals surface area contributed by atoms with Crippen molar-refractivity contribution in [3.05, 3.63) is 35.4 Å². The molecule has 1 aromatic rings. The van der Waals surface area contributed by atoms with Crippen LogP contribution in [0.4, 0.5) is 8.78 Å². The summed E-state index contributed by atoms with van der Waals surface area (Å²) in [6.07, 6.45) is 2.41. The van der Waals surface area contributed by atoms with Gasteiger partial charge in [-0.05, 0) is 44.0 Å². The SMILES string of the molecule is CC#CCC(Cc1ccc(F)c(F)c1)NCCC. The number of hydrogen-bond donors (Lipinski definition) is 1. The van der Waals surface area contributed by atoms with Crippen LogP contribution in [0.15, 0.2) is 18.2 Å². The lowest BCUT2D eigenvalue weighted by atomic mass is 10.0. The van der Waals surface area contributed by atoms with Gasteiger partial charge in [-0.2, -0.15) is 0 Å². The van der Waals surface area contributed by atoms with E-state index in [0.29, 0.717) is 6.42 Å². The minimum absolute atomic E-state index is 0.183. The van der Waals surface area contributed by atoms with Crippen molar-refractivity contribution in [2.75, 3.05) is 6.54 Å². The van der Waals surface area contributed by atoms with Crippen LogP contribution in [-0.4, -0.2) is 12.6 Å². The molecule has 0 saturated carbocycles. The Morgan fingerprint density at radius 3 is 2.67 bits per heavy atom. The van der Waals surface area contributed by atoms with E-state index in [0.717, 1.165) is 24.9 Å². The number of hydrogen-bond acceptors (Lipinski definition) is 1. The van der Waals surface area contributed by atoms with E-state index in [4.69, 9.17) is 0 Å². The molecule has 0 bridgehead atoms. The zero-order valence-corrected chi connectivity index (χ0v) is 10.9. The molecule has 0 saturated heterocycles. The molecule has 1 nitrogen and oxygen atoms in total. The summed E-state index contributed by atoms with van der Waals surface area (Å²) >= 11 is 0. The second-order valence-electron chi connectivity index (χ2n) is 4.23. The van der Waals surface area contributed by atoms with Crippen molar-refractivity contribution in [2.45, 2.75) is 39.2 Å². The number of benzene rings is 1. The molecule has 1 aromatic carbocycles. The van der Waals surface area contributed by atoms with Gasteiger partial charge in [-0.25, -0.2) is 8.78 Å². The number of rotatable bonds is 6. The predicted octanol–water partition coefficient (Wildman–Crippen LogP) is 3.29. The zero-order valence-electron chi connectivity index (χ0n) is 10.9. The van der Waals surface area contributed by atoms with Crippen LogP contribution in [0.2, 0.25) is 0 Å². The predicted molar refractivity (Wildman–Crippen MR) is 70.2 cm³/mol. The molecule has 0 spiro atoms. The second kappa shape index (κ2) is 7.84. The first-order valence-corrected chi connectivity index (χ1v) is 6.24. The van der Waals surface area contributed by atoms with E-state index in [2.05, 4.69) is 24.1 Å². The maximum atomic E-state index is 13.1. The van der Waals surface area contributed by atoms with Gasteiger partial charge < -0.3 is 5.32 Å². The van der Waals surface area contributed by atoms with Gasteiger partial charge in [-0.3, -0.25) is 0 Å². The average molecular weight is 251 g/mol. The Bertz CT molecular complexity index is 432. The number of halogens is 2. The quantitative estimate of drug-likeness (QED) is 0.765. The third-order valence-corrected chi connectivity index (χ3v) is 2.67. The molecule has 0 amide bonds. The van der Waals surface area contributed by atoms with Crippen LogP contribution in [0.1, 0.15) is 32.3 Å². The third-order valence-electron chi connectivity index (χ3n) is 2.67. The molecule has 1 unspecified atom stereocenters. The zero-order chi connectivity index (χ0) is 13.4. The topological polar surface area (TPSA) is 12.0 Å². The highest BCUT2D eigenvalue weighted by atomic mass is 19.2. The molecule has 0 aliphatic rings. The molecule has 18 heavy (non-hydrogen) atoms. The van der Waals surface area contributed by atoms with Gasteiger partial charge in [0.1, 0.15) is 0 Å². The highest BCUT2D eigenvalue weighted by Crippen LogP contribution is 2.11. The second-order valence-corrected chi connectivity index (χ2v) is 4.23. The maximum absolute atomic E-state index is 13.1. The van der Waals surface area contributed by atoms with Crippen molar-refractivity contribution in [2.24, 2.45) is 0 Å². The van der Waals surface area contributed by atoms with Crippen molar-refractivity contribution in [1.29, 1.82) is 0 Å². The normalized spacial score (nSPS) is 11.8. The largest absolute Gasteiger partial charge is 0.313 e. The molecule has 0 heterocycles. The van der Waals surface area contributed by atoms with Gasteiger partial charge in [0, 0.05) is 12.5 Å². The first-order chi connectivity index (χ1) is 8.67. The molecule has 0 aliphatic heterocycles. The van der Waals surface area contributed by atoms with Crippen LogP contribution >= 0.6 is 0 Å². The lowest BCUT2D eigenvalue weighted by Crippen LogP contribution is -2.31. The van der Waals surface area contributed by atoms with E-state index in [1.807, 2.05) is 0 Å². The summed E-state index contributed by atoms with van der Waals surface area (Å²) in [4.78, 5) is 0. The highest BCUT2D eigenvalue weighted by Gasteiger charge is 2.09. The van der Waals surface area contributed by atoms with Crippen LogP contribution < -0.4 is 5.32 Å². The van der Waals surface area contributed by atoms with Gasteiger partial charge in [0.05, 0.1) is 0 Å². The summed E-state index contributed by atoms with van der Waals surface area (Å²) < 4.78 is 25.9. The fourth-order valence-electron chi connectivity index (χ4n) is 1.74. The van der Waals surface area contributed by atoms with Gasteiger partial charge in [0.25, 0.3) is 0 Å². The van der Waals surface area contributed by atoms with Crippen LogP contribution in [0, 0.1) is 23.5 Å². The maximum Gasteiger partial charge on any atom is 0.159 e. The standard InChI is InChI=1S/C15H19F2N/c1-3-5-6-13(18-9-4-2)10-12-7-8-14(16)15(17)11-12/h7-8,11,13,18H,4,6,9-10H2,1-2H3. The molecule has 3 heteroatoms. The van der Waals surface area contributed by atoms with Gasteiger partial charge in [0.2, 0.25) is 0 Å². The Kier molecular flexibility index (Phi) is 6.38. The summed E-state index contributed by atoms with van der Waals surface area (Å²) in [7, 11) is 0. The highest BCUT2D eigenvalue weighted by molar-refractivity contribution is 5.19. The van der Waals surface area contributed by atoms with E-state index in [1.54, 1.807) is 13.0 Å². The van der Waals surface area contributed by atoms with Crippen molar-refractivity contribution in [3.63, 3.8) is 0 Å². The molecule has 1 rings (SSSR count). The van der Waals surface area contributed by atoms with Crippen molar-refractivity contribution in [3.8, 4) is 11.8 Å². The van der Waals surface area contributed by atoms with E-state index >= 15 is 0 Å². The molecule has 0 radical (unpaired) electrons. The summed E-state index contributed by atoms with van der Waals surface area (Å²) in [6, 6.07) is 4.24. The molecule has 0 fully saturated rings. The van der Waals surface area contributed by atoms with Gasteiger partial charge in [-0.15, -0.1) is 11.8 Å². The average Bonchev–Trinajstić information content (AvgIpc) is 2.37. The van der Waals surface area contributed by atoms with Crippen LogP contribution in [0.25, 0.3) is 0 Å². The molecule has 1 N–H and O–H groups in total. The van der Waals surface area contributed by atoms with Crippen molar-refractivity contribution >= 4 is 0 Å². The molecule has 98 valence electrons. The lowest BCUT2D eigenvalue weighted by molar-refractivity contribution is 0.497. The summed E-state index contributed by atoms with van der Waals surface area (Å²) in [5.74, 6) is 4.29. The Morgan fingerprint density at radius 1 is 1.28 bits per heavy atom. The van der Waals surface area contributed by atoms with Gasteiger partial charge in [0.15, 0.2) is 11.6 Å². The van der Waals surface area contributed by atoms with Crippen molar-refractivity contribution in [1.82, 2.24) is 5.32 Å². The summed E-state index contributed by atoms with van der Waals surface area (Å²) in [5, 5.41) is 3.37. The monoisotopic (exact) mass is 251 g/mol. The smallest absolute Gasteiger partial charge is 0.159 e. The molecule has 1 atom stereocenters. The molecular formula is C15H19F2N. The third kappa shape index (κ3) is 4.85. The van der Waals surface area contributed by atoms with E-state index in [1.165, 1.54) is 12.1 Å². The summed E-state index contributed by atoms with van der Waals surface area (Å²) in [5.41, 5.74) is 0.792. The van der Waals surface area contributed by atoms with Gasteiger partial charge >= 0.3 is 0 Å². The minimum Gasteiger partial charge on any atom is -0.313 e. The summed E-state index contributed by atoms with van der Waals surface area (Å²) in [6.45, 7) is 4.79. The Balaban J connectivity index is 2.67. The molecule has 0 aromatic heterocycles. The van der Waals surface area contributed by atoms with Crippen LogP contribution in [-0.2, 0) is 6.42 Å². The lowest BCUT2D eigenvalue weighted by Gasteiger charge is -2.16. The fourth-order valence-corrected chi connectivity index (χ4v) is 1.74. The van der Waals surface area contributed by atoms with Crippen LogP contribution in [0.3, 0.4) is 0 Å². The Morgan fingerprint density at radius 2 is 2.06 bits per heavy atom. The first-order valence-electron chi connectivity index (χ1n) is 6.24.